The molecule has 0 saturated carbocycles. The summed E-state index contributed by atoms with van der Waals surface area (Å²) in [6.07, 6.45) is 0.712. The molecule has 1 aromatic carbocycles. The van der Waals surface area contributed by atoms with E-state index in [0.717, 1.165) is 0 Å². The SMILES string of the molecule is CC1(C)CN(C(=O)c2ccc(CS(=O)(=O)C(F)F)cc2)CCC1N. The van der Waals surface area contributed by atoms with Crippen LogP contribution >= 0.6 is 0 Å². The minimum absolute atomic E-state index is 0.0310. The van der Waals surface area contributed by atoms with Crippen molar-refractivity contribution in [2.75, 3.05) is 13.1 Å². The second kappa shape index (κ2) is 6.76. The number of benzene rings is 1. The predicted molar refractivity (Wildman–Crippen MR) is 87.3 cm³/mol. The highest BCUT2D eigenvalue weighted by atomic mass is 32.2. The number of nitrogens with two attached hydrogens (primary N) is 1. The lowest BCUT2D eigenvalue weighted by Gasteiger charge is -2.42. The Morgan fingerprint density at radius 1 is 1.33 bits per heavy atom. The van der Waals surface area contributed by atoms with Gasteiger partial charge in [-0.25, -0.2) is 8.42 Å². The summed E-state index contributed by atoms with van der Waals surface area (Å²) >= 11 is 0. The molecule has 1 fully saturated rings. The smallest absolute Gasteiger partial charge is 0.337 e. The molecule has 134 valence electrons. The van der Waals surface area contributed by atoms with Crippen LogP contribution < -0.4 is 5.73 Å². The molecule has 0 spiro atoms. The van der Waals surface area contributed by atoms with Crippen LogP contribution in [0.25, 0.3) is 0 Å². The van der Waals surface area contributed by atoms with E-state index in [1.54, 1.807) is 4.90 Å². The highest BCUT2D eigenvalue weighted by Crippen LogP contribution is 2.28. The molecule has 1 aromatic rings. The van der Waals surface area contributed by atoms with Crippen LogP contribution in [0.2, 0.25) is 0 Å². The summed E-state index contributed by atoms with van der Waals surface area (Å²) < 4.78 is 47.3. The number of hydrogen-bond acceptors (Lipinski definition) is 4. The second-order valence-corrected chi connectivity index (χ2v) is 8.85. The van der Waals surface area contributed by atoms with E-state index in [2.05, 4.69) is 0 Å². The Hall–Kier alpha value is -1.54. The molecule has 1 aliphatic rings. The van der Waals surface area contributed by atoms with Gasteiger partial charge in [0.15, 0.2) is 0 Å². The van der Waals surface area contributed by atoms with Crippen LogP contribution in [0.15, 0.2) is 24.3 Å². The number of sulfone groups is 1. The second-order valence-electron chi connectivity index (χ2n) is 6.88. The first-order valence-electron chi connectivity index (χ1n) is 7.66. The Balaban J connectivity index is 2.09. The number of rotatable bonds is 4. The van der Waals surface area contributed by atoms with Gasteiger partial charge in [-0.05, 0) is 29.5 Å². The van der Waals surface area contributed by atoms with E-state index in [4.69, 9.17) is 5.73 Å². The van der Waals surface area contributed by atoms with Crippen molar-refractivity contribution in [2.24, 2.45) is 11.1 Å². The maximum atomic E-state index is 12.5. The highest BCUT2D eigenvalue weighted by molar-refractivity contribution is 7.90. The summed E-state index contributed by atoms with van der Waals surface area (Å²) in [6, 6.07) is 5.77. The first-order valence-corrected chi connectivity index (χ1v) is 9.38. The molecule has 2 rings (SSSR count). The van der Waals surface area contributed by atoms with Gasteiger partial charge in [-0.15, -0.1) is 0 Å². The molecular formula is C16H22F2N2O3S. The molecule has 0 aromatic heterocycles. The van der Waals surface area contributed by atoms with Gasteiger partial charge in [0, 0.05) is 24.7 Å². The number of likely N-dealkylation sites (tertiary alicyclic amines) is 1. The van der Waals surface area contributed by atoms with Crippen molar-refractivity contribution < 1.29 is 22.0 Å². The summed E-state index contributed by atoms with van der Waals surface area (Å²) in [7, 11) is -4.47. The Bertz CT molecular complexity index is 703. The summed E-state index contributed by atoms with van der Waals surface area (Å²) in [6.45, 7) is 5.12. The van der Waals surface area contributed by atoms with Crippen molar-refractivity contribution in [1.82, 2.24) is 4.90 Å². The first kappa shape index (κ1) is 18.8. The quantitative estimate of drug-likeness (QED) is 0.891. The van der Waals surface area contributed by atoms with E-state index in [1.165, 1.54) is 24.3 Å². The summed E-state index contributed by atoms with van der Waals surface area (Å²) in [4.78, 5) is 14.3. The minimum Gasteiger partial charge on any atom is -0.338 e. The number of carbonyl (C=O) groups is 1. The molecule has 1 atom stereocenters. The van der Waals surface area contributed by atoms with Gasteiger partial charge < -0.3 is 10.6 Å². The molecule has 24 heavy (non-hydrogen) atoms. The summed E-state index contributed by atoms with van der Waals surface area (Å²) in [5.74, 6) is -4.32. The van der Waals surface area contributed by atoms with Crippen molar-refractivity contribution in [3.8, 4) is 0 Å². The zero-order chi connectivity index (χ0) is 18.1. The fraction of sp³-hybridized carbons (Fsp3) is 0.562. The van der Waals surface area contributed by atoms with Crippen LogP contribution in [0.4, 0.5) is 8.78 Å². The molecule has 8 heteroatoms. The maximum absolute atomic E-state index is 12.5. The summed E-state index contributed by atoms with van der Waals surface area (Å²) in [5.41, 5.74) is 6.51. The molecule has 0 radical (unpaired) electrons. The number of halogens is 2. The zero-order valence-corrected chi connectivity index (χ0v) is 14.5. The average molecular weight is 360 g/mol. The van der Waals surface area contributed by atoms with E-state index >= 15 is 0 Å². The van der Waals surface area contributed by atoms with Gasteiger partial charge in [0.05, 0.1) is 5.75 Å². The van der Waals surface area contributed by atoms with E-state index in [0.29, 0.717) is 25.1 Å². The standard InChI is InChI=1S/C16H22F2N2O3S/c1-16(2)10-20(8-7-13(16)19)14(21)12-5-3-11(4-6-12)9-24(22,23)15(17)18/h3-6,13,15H,7-10,19H2,1-2H3. The highest BCUT2D eigenvalue weighted by Gasteiger charge is 2.35. The van der Waals surface area contributed by atoms with Crippen LogP contribution in [0.5, 0.6) is 0 Å². The molecule has 2 N–H and O–H groups in total. The van der Waals surface area contributed by atoms with Crippen molar-refractivity contribution in [2.45, 2.75) is 37.8 Å². The van der Waals surface area contributed by atoms with Crippen LogP contribution in [-0.2, 0) is 15.6 Å². The molecule has 0 aliphatic carbocycles. The van der Waals surface area contributed by atoms with E-state index in [-0.39, 0.29) is 22.9 Å². The Kier molecular flexibility index (Phi) is 5.29. The zero-order valence-electron chi connectivity index (χ0n) is 13.7. The number of carbonyl (C=O) groups excluding carboxylic acids is 1. The summed E-state index contributed by atoms with van der Waals surface area (Å²) in [5, 5.41) is 0. The molecule has 1 aliphatic heterocycles. The Labute approximate surface area is 140 Å². The molecular weight excluding hydrogens is 338 g/mol. The van der Waals surface area contributed by atoms with Crippen LogP contribution in [0.1, 0.15) is 36.2 Å². The van der Waals surface area contributed by atoms with Gasteiger partial charge in [0.25, 0.3) is 5.91 Å². The third kappa shape index (κ3) is 4.10. The van der Waals surface area contributed by atoms with Crippen molar-refractivity contribution in [1.29, 1.82) is 0 Å². The molecule has 1 saturated heterocycles. The predicted octanol–water partition coefficient (Wildman–Crippen LogP) is 2.02. The number of piperidine rings is 1. The Morgan fingerprint density at radius 3 is 2.42 bits per heavy atom. The van der Waals surface area contributed by atoms with Gasteiger partial charge in [0.1, 0.15) is 0 Å². The first-order chi connectivity index (χ1) is 11.0. The van der Waals surface area contributed by atoms with E-state index in [9.17, 15) is 22.0 Å². The molecule has 1 amide bonds. The van der Waals surface area contributed by atoms with Gasteiger partial charge in [0.2, 0.25) is 9.84 Å². The lowest BCUT2D eigenvalue weighted by Crippen LogP contribution is -2.53. The van der Waals surface area contributed by atoms with Crippen molar-refractivity contribution >= 4 is 15.7 Å². The van der Waals surface area contributed by atoms with Gasteiger partial charge in [-0.2, -0.15) is 8.78 Å². The van der Waals surface area contributed by atoms with Gasteiger partial charge in [-0.1, -0.05) is 26.0 Å². The molecule has 0 bridgehead atoms. The largest absolute Gasteiger partial charge is 0.338 e. The molecule has 5 nitrogen and oxygen atoms in total. The van der Waals surface area contributed by atoms with Crippen molar-refractivity contribution in [3.05, 3.63) is 35.4 Å². The third-order valence-electron chi connectivity index (χ3n) is 4.44. The number of amides is 1. The van der Waals surface area contributed by atoms with Crippen molar-refractivity contribution in [3.63, 3.8) is 0 Å². The maximum Gasteiger partial charge on any atom is 0.337 e. The topological polar surface area (TPSA) is 80.5 Å². The van der Waals surface area contributed by atoms with E-state index in [1.807, 2.05) is 13.8 Å². The van der Waals surface area contributed by atoms with Crippen LogP contribution in [-0.4, -0.2) is 44.1 Å². The molecule has 1 heterocycles. The lowest BCUT2D eigenvalue weighted by molar-refractivity contribution is 0.0533. The molecule has 1 unspecified atom stereocenters. The van der Waals surface area contributed by atoms with Gasteiger partial charge in [-0.3, -0.25) is 4.79 Å². The fourth-order valence-electron chi connectivity index (χ4n) is 2.77. The average Bonchev–Trinajstić information content (AvgIpc) is 2.49. The van der Waals surface area contributed by atoms with Gasteiger partial charge >= 0.3 is 5.76 Å². The number of alkyl halides is 2. The number of nitrogens with zero attached hydrogens (tertiary/aromatic N) is 1. The van der Waals surface area contributed by atoms with Crippen LogP contribution in [0, 0.1) is 5.41 Å². The Morgan fingerprint density at radius 2 is 1.92 bits per heavy atom. The normalized spacial score (nSPS) is 21.1. The fourth-order valence-corrected chi connectivity index (χ4v) is 3.55. The lowest BCUT2D eigenvalue weighted by atomic mass is 9.79. The monoisotopic (exact) mass is 360 g/mol. The van der Waals surface area contributed by atoms with Crippen LogP contribution in [0.3, 0.4) is 0 Å². The van der Waals surface area contributed by atoms with E-state index < -0.39 is 21.3 Å². The third-order valence-corrected chi connectivity index (χ3v) is 5.72. The minimum atomic E-state index is -4.47. The number of hydrogen-bond donors (Lipinski definition) is 1.